The summed E-state index contributed by atoms with van der Waals surface area (Å²) < 4.78 is 10.7. The highest BCUT2D eigenvalue weighted by atomic mass is 32.2. The number of nitrogens with one attached hydrogen (secondary N) is 1. The number of benzene rings is 1. The van der Waals surface area contributed by atoms with Crippen LogP contribution in [0.4, 0.5) is 11.6 Å². The molecule has 0 aliphatic rings. The molecule has 0 saturated carbocycles. The number of fused-ring (bicyclic) bond motifs is 1. The zero-order valence-corrected chi connectivity index (χ0v) is 16.7. The molecule has 0 spiro atoms. The minimum absolute atomic E-state index is 0.235. The van der Waals surface area contributed by atoms with E-state index in [1.165, 1.54) is 0 Å². The number of aromatic nitrogens is 4. The Morgan fingerprint density at radius 3 is 2.70 bits per heavy atom. The number of H-pyrrole nitrogens is 1. The highest BCUT2D eigenvalue weighted by molar-refractivity contribution is 7.99. The van der Waals surface area contributed by atoms with Crippen LogP contribution in [0.15, 0.2) is 29.6 Å². The summed E-state index contributed by atoms with van der Waals surface area (Å²) in [4.78, 5) is 18.0. The molecule has 0 amide bonds. The lowest BCUT2D eigenvalue weighted by Gasteiger charge is -2.29. The quantitative estimate of drug-likeness (QED) is 0.448. The number of hydrogen-bond donors (Lipinski definition) is 2. The monoisotopic (exact) mass is 388 g/mol. The summed E-state index contributed by atoms with van der Waals surface area (Å²) in [6.45, 7) is 2.17. The molecule has 0 radical (unpaired) electrons. The molecule has 1 aromatic carbocycles. The van der Waals surface area contributed by atoms with Crippen LogP contribution in [0.5, 0.6) is 11.5 Å². The smallest absolute Gasteiger partial charge is 0.223 e. The Bertz CT molecular complexity index is 916. The van der Waals surface area contributed by atoms with E-state index in [9.17, 15) is 0 Å². The molecule has 0 unspecified atom stereocenters. The molecule has 0 fully saturated rings. The largest absolute Gasteiger partial charge is 0.493 e. The van der Waals surface area contributed by atoms with Crippen molar-refractivity contribution in [1.82, 2.24) is 19.9 Å². The zero-order valence-electron chi connectivity index (χ0n) is 15.9. The Hall–Kier alpha value is -2.68. The number of aromatic amines is 1. The molecule has 0 bridgehead atoms. The third-order valence-corrected chi connectivity index (χ3v) is 5.60. The Morgan fingerprint density at radius 2 is 2.00 bits per heavy atom. The van der Waals surface area contributed by atoms with Crippen molar-refractivity contribution in [3.63, 3.8) is 0 Å². The van der Waals surface area contributed by atoms with E-state index >= 15 is 0 Å². The number of imidazole rings is 1. The first-order valence-corrected chi connectivity index (χ1v) is 9.60. The third-order valence-electron chi connectivity index (χ3n) is 4.48. The fourth-order valence-corrected chi connectivity index (χ4v) is 4.12. The molecule has 8 nitrogen and oxygen atoms in total. The van der Waals surface area contributed by atoms with Gasteiger partial charge in [0, 0.05) is 30.6 Å². The maximum Gasteiger partial charge on any atom is 0.223 e. The fourth-order valence-electron chi connectivity index (χ4n) is 2.86. The van der Waals surface area contributed by atoms with Crippen LogP contribution in [0.25, 0.3) is 11.2 Å². The predicted octanol–water partition coefficient (Wildman–Crippen LogP) is 2.96. The third kappa shape index (κ3) is 4.02. The number of rotatable bonds is 8. The number of anilines is 2. The van der Waals surface area contributed by atoms with Crippen LogP contribution in [0.1, 0.15) is 13.3 Å². The number of methoxy groups -OCH3 is 2. The SMILES string of the molecule is CC[C@H](CSc1nc(N)nc2nc[nH]c12)N(C)c1ccc(OC)c(OC)c1. The fraction of sp³-hybridized carbons (Fsp3) is 0.389. The van der Waals surface area contributed by atoms with E-state index in [-0.39, 0.29) is 5.95 Å². The van der Waals surface area contributed by atoms with Gasteiger partial charge in [-0.15, -0.1) is 11.8 Å². The molecule has 3 aromatic rings. The van der Waals surface area contributed by atoms with Crippen LogP contribution in [-0.4, -0.2) is 53.0 Å². The molecule has 0 aliphatic carbocycles. The van der Waals surface area contributed by atoms with Crippen molar-refractivity contribution in [2.45, 2.75) is 24.4 Å². The molecule has 3 rings (SSSR count). The first-order chi connectivity index (χ1) is 13.1. The second-order valence-corrected chi connectivity index (χ2v) is 7.02. The van der Waals surface area contributed by atoms with Crippen molar-refractivity contribution >= 4 is 34.6 Å². The van der Waals surface area contributed by atoms with Gasteiger partial charge in [0.15, 0.2) is 17.1 Å². The Kier molecular flexibility index (Phi) is 5.90. The van der Waals surface area contributed by atoms with E-state index in [1.807, 2.05) is 18.2 Å². The number of nitrogens with zero attached hydrogens (tertiary/aromatic N) is 4. The van der Waals surface area contributed by atoms with E-state index in [0.717, 1.165) is 34.2 Å². The van der Waals surface area contributed by atoms with Gasteiger partial charge in [-0.3, -0.25) is 0 Å². The lowest BCUT2D eigenvalue weighted by Crippen LogP contribution is -2.33. The molecular weight excluding hydrogens is 364 g/mol. The second kappa shape index (κ2) is 8.34. The number of nitrogen functional groups attached to an aromatic ring is 1. The van der Waals surface area contributed by atoms with Gasteiger partial charge in [-0.1, -0.05) is 6.92 Å². The molecule has 3 N–H and O–H groups in total. The zero-order chi connectivity index (χ0) is 19.4. The van der Waals surface area contributed by atoms with Crippen molar-refractivity contribution in [2.24, 2.45) is 0 Å². The average Bonchev–Trinajstić information content (AvgIpc) is 3.15. The molecule has 9 heteroatoms. The van der Waals surface area contributed by atoms with Gasteiger partial charge in [-0.25, -0.2) is 9.97 Å². The lowest BCUT2D eigenvalue weighted by atomic mass is 10.2. The first kappa shape index (κ1) is 19.1. The van der Waals surface area contributed by atoms with Crippen LogP contribution in [0, 0.1) is 0 Å². The summed E-state index contributed by atoms with van der Waals surface area (Å²) in [6, 6.07) is 6.23. The maximum absolute atomic E-state index is 5.81. The molecular formula is C18H24N6O2S. The van der Waals surface area contributed by atoms with Gasteiger partial charge in [0.05, 0.1) is 20.5 Å². The van der Waals surface area contributed by atoms with Gasteiger partial charge in [0.25, 0.3) is 0 Å². The summed E-state index contributed by atoms with van der Waals surface area (Å²) >= 11 is 1.64. The van der Waals surface area contributed by atoms with Gasteiger partial charge < -0.3 is 25.1 Å². The molecule has 2 aromatic heterocycles. The van der Waals surface area contributed by atoms with E-state index < -0.39 is 0 Å². The lowest BCUT2D eigenvalue weighted by molar-refractivity contribution is 0.355. The highest BCUT2D eigenvalue weighted by Crippen LogP contribution is 2.33. The van der Waals surface area contributed by atoms with Crippen LogP contribution in [0.2, 0.25) is 0 Å². The van der Waals surface area contributed by atoms with Gasteiger partial charge in [0.1, 0.15) is 10.5 Å². The Morgan fingerprint density at radius 1 is 1.22 bits per heavy atom. The number of nitrogens with two attached hydrogens (primary N) is 1. The minimum Gasteiger partial charge on any atom is -0.493 e. The van der Waals surface area contributed by atoms with Crippen molar-refractivity contribution in [1.29, 1.82) is 0 Å². The molecule has 0 aliphatic heterocycles. The summed E-state index contributed by atoms with van der Waals surface area (Å²) in [6.07, 6.45) is 2.58. The van der Waals surface area contributed by atoms with Crippen LogP contribution >= 0.6 is 11.8 Å². The standard InChI is InChI=1S/C18H24N6O2S/c1-5-11(24(2)12-6-7-13(25-3)14(8-12)26-4)9-27-17-15-16(21-10-20-15)22-18(19)23-17/h6-8,10-11H,5,9H2,1-4H3,(H3,19,20,21,22,23)/t11-/m1/s1. The van der Waals surface area contributed by atoms with Gasteiger partial charge in [-0.2, -0.15) is 4.98 Å². The van der Waals surface area contributed by atoms with E-state index in [1.54, 1.807) is 32.3 Å². The van der Waals surface area contributed by atoms with Gasteiger partial charge in [0.2, 0.25) is 5.95 Å². The van der Waals surface area contributed by atoms with Crippen LogP contribution in [0.3, 0.4) is 0 Å². The Balaban J connectivity index is 1.77. The van der Waals surface area contributed by atoms with E-state index in [2.05, 4.69) is 38.8 Å². The molecule has 27 heavy (non-hydrogen) atoms. The highest BCUT2D eigenvalue weighted by Gasteiger charge is 2.18. The summed E-state index contributed by atoms with van der Waals surface area (Å²) in [5, 5.41) is 0.814. The van der Waals surface area contributed by atoms with E-state index in [4.69, 9.17) is 15.2 Å². The predicted molar refractivity (Wildman–Crippen MR) is 109 cm³/mol. The van der Waals surface area contributed by atoms with Crippen molar-refractivity contribution in [3.8, 4) is 11.5 Å². The minimum atomic E-state index is 0.235. The number of thioether (sulfide) groups is 1. The Labute approximate surface area is 162 Å². The molecule has 0 saturated heterocycles. The van der Waals surface area contributed by atoms with Crippen molar-refractivity contribution in [2.75, 3.05) is 37.7 Å². The average molecular weight is 388 g/mol. The van der Waals surface area contributed by atoms with Crippen LogP contribution in [-0.2, 0) is 0 Å². The normalized spacial score (nSPS) is 12.1. The summed E-state index contributed by atoms with van der Waals surface area (Å²) in [5.41, 5.74) is 8.28. The number of hydrogen-bond acceptors (Lipinski definition) is 8. The second-order valence-electron chi connectivity index (χ2n) is 6.01. The molecule has 2 heterocycles. The van der Waals surface area contributed by atoms with Gasteiger partial charge >= 0.3 is 0 Å². The number of ether oxygens (including phenoxy) is 2. The van der Waals surface area contributed by atoms with Crippen molar-refractivity contribution < 1.29 is 9.47 Å². The topological polar surface area (TPSA) is 102 Å². The van der Waals surface area contributed by atoms with E-state index in [0.29, 0.717) is 17.4 Å². The molecule has 1 atom stereocenters. The maximum atomic E-state index is 5.81. The van der Waals surface area contributed by atoms with Crippen LogP contribution < -0.4 is 20.1 Å². The first-order valence-electron chi connectivity index (χ1n) is 8.61. The van der Waals surface area contributed by atoms with Crippen molar-refractivity contribution in [3.05, 3.63) is 24.5 Å². The molecule has 144 valence electrons. The van der Waals surface area contributed by atoms with Gasteiger partial charge in [-0.05, 0) is 18.6 Å². The summed E-state index contributed by atoms with van der Waals surface area (Å²) in [5.74, 6) is 2.51. The summed E-state index contributed by atoms with van der Waals surface area (Å²) in [7, 11) is 5.36.